The predicted octanol–water partition coefficient (Wildman–Crippen LogP) is 3.13. The number of alkyl halides is 3. The van der Waals surface area contributed by atoms with Crippen LogP contribution in [0.1, 0.15) is 16.7 Å². The van der Waals surface area contributed by atoms with Crippen LogP contribution in [-0.2, 0) is 19.3 Å². The molecule has 5 nitrogen and oxygen atoms in total. The first-order chi connectivity index (χ1) is 13.3. The van der Waals surface area contributed by atoms with Crippen LogP contribution in [-0.4, -0.2) is 16.2 Å². The molecule has 0 saturated heterocycles. The van der Waals surface area contributed by atoms with Gasteiger partial charge in [0.1, 0.15) is 5.75 Å². The molecule has 2 aromatic carbocycles. The van der Waals surface area contributed by atoms with E-state index in [9.17, 15) is 22.8 Å². The Morgan fingerprint density at radius 1 is 0.893 bits per heavy atom. The number of nitrogens with zero attached hydrogens (tertiary/aromatic N) is 2. The SMILES string of the molecule is COc1ccccc1Cn1ccn(Cc2cccc(C(F)(F)F)c2)c(=O)c1=O. The minimum Gasteiger partial charge on any atom is -0.496 e. The van der Waals surface area contributed by atoms with Crippen LogP contribution in [0.2, 0.25) is 0 Å². The molecule has 0 amide bonds. The second-order valence-electron chi connectivity index (χ2n) is 6.17. The summed E-state index contributed by atoms with van der Waals surface area (Å²) in [6, 6.07) is 11.8. The standard InChI is InChI=1S/C20H17F3N2O3/c1-28-17-8-3-2-6-15(17)13-25-10-9-24(18(26)19(25)27)12-14-5-4-7-16(11-14)20(21,22)23/h2-11H,12-13H2,1H3. The maximum Gasteiger partial charge on any atom is 0.416 e. The molecule has 0 fully saturated rings. The highest BCUT2D eigenvalue weighted by Crippen LogP contribution is 2.29. The topological polar surface area (TPSA) is 53.2 Å². The Kier molecular flexibility index (Phi) is 5.39. The summed E-state index contributed by atoms with van der Waals surface area (Å²) in [5.74, 6) is 0.586. The van der Waals surface area contributed by atoms with Crippen LogP contribution in [0.15, 0.2) is 70.5 Å². The van der Waals surface area contributed by atoms with Gasteiger partial charge in [-0.25, -0.2) is 0 Å². The van der Waals surface area contributed by atoms with Crippen LogP contribution in [0.3, 0.4) is 0 Å². The van der Waals surface area contributed by atoms with Gasteiger partial charge >= 0.3 is 17.3 Å². The molecule has 1 aromatic heterocycles. The Morgan fingerprint density at radius 2 is 1.54 bits per heavy atom. The fraction of sp³-hybridized carbons (Fsp3) is 0.200. The summed E-state index contributed by atoms with van der Waals surface area (Å²) in [5, 5.41) is 0. The molecule has 3 rings (SSSR count). The number of rotatable bonds is 5. The first-order valence-corrected chi connectivity index (χ1v) is 8.37. The molecule has 0 unspecified atom stereocenters. The summed E-state index contributed by atoms with van der Waals surface area (Å²) < 4.78 is 46.1. The number of para-hydroxylation sites is 1. The molecule has 1 heterocycles. The van der Waals surface area contributed by atoms with Gasteiger partial charge in [-0.3, -0.25) is 9.59 Å². The van der Waals surface area contributed by atoms with Gasteiger partial charge in [0.2, 0.25) is 0 Å². The Labute approximate surface area is 158 Å². The smallest absolute Gasteiger partial charge is 0.416 e. The summed E-state index contributed by atoms with van der Waals surface area (Å²) in [6.45, 7) is 0.00990. The number of hydrogen-bond acceptors (Lipinski definition) is 3. The zero-order valence-electron chi connectivity index (χ0n) is 14.9. The molecule has 0 spiro atoms. The normalized spacial score (nSPS) is 11.4. The summed E-state index contributed by atoms with van der Waals surface area (Å²) in [5.41, 5.74) is -1.38. The Morgan fingerprint density at radius 3 is 2.18 bits per heavy atom. The number of methoxy groups -OCH3 is 1. The molecule has 0 saturated carbocycles. The van der Waals surface area contributed by atoms with E-state index in [1.807, 2.05) is 0 Å². The van der Waals surface area contributed by atoms with Crippen molar-refractivity contribution in [2.24, 2.45) is 0 Å². The van der Waals surface area contributed by atoms with E-state index in [0.717, 1.165) is 22.3 Å². The van der Waals surface area contributed by atoms with E-state index in [2.05, 4.69) is 0 Å². The van der Waals surface area contributed by atoms with Crippen LogP contribution in [0.25, 0.3) is 0 Å². The van der Waals surface area contributed by atoms with Crippen LogP contribution in [0.4, 0.5) is 13.2 Å². The van der Waals surface area contributed by atoms with Crippen molar-refractivity contribution in [2.75, 3.05) is 7.11 Å². The van der Waals surface area contributed by atoms with Crippen molar-refractivity contribution >= 4 is 0 Å². The molecule has 8 heteroatoms. The molecule has 0 bridgehead atoms. The summed E-state index contributed by atoms with van der Waals surface area (Å²) in [7, 11) is 1.51. The number of benzene rings is 2. The second kappa shape index (κ2) is 7.75. The van der Waals surface area contributed by atoms with Crippen LogP contribution < -0.4 is 15.9 Å². The van der Waals surface area contributed by atoms with E-state index in [1.54, 1.807) is 24.3 Å². The van der Waals surface area contributed by atoms with Gasteiger partial charge in [-0.15, -0.1) is 0 Å². The lowest BCUT2D eigenvalue weighted by Crippen LogP contribution is -2.40. The summed E-state index contributed by atoms with van der Waals surface area (Å²) >= 11 is 0. The third kappa shape index (κ3) is 4.16. The Hall–Kier alpha value is -3.29. The summed E-state index contributed by atoms with van der Waals surface area (Å²) in [6.07, 6.45) is -1.65. The van der Waals surface area contributed by atoms with Crippen LogP contribution >= 0.6 is 0 Å². The lowest BCUT2D eigenvalue weighted by molar-refractivity contribution is -0.137. The zero-order valence-corrected chi connectivity index (χ0v) is 14.9. The quantitative estimate of drug-likeness (QED) is 0.629. The van der Waals surface area contributed by atoms with Gasteiger partial charge in [0.15, 0.2) is 0 Å². The van der Waals surface area contributed by atoms with Gasteiger partial charge < -0.3 is 13.9 Å². The van der Waals surface area contributed by atoms with Crippen molar-refractivity contribution in [2.45, 2.75) is 19.3 Å². The lowest BCUT2D eigenvalue weighted by atomic mass is 10.1. The van der Waals surface area contributed by atoms with E-state index in [0.29, 0.717) is 5.75 Å². The van der Waals surface area contributed by atoms with Gasteiger partial charge in [0.25, 0.3) is 0 Å². The fourth-order valence-corrected chi connectivity index (χ4v) is 2.85. The molecule has 146 valence electrons. The van der Waals surface area contributed by atoms with E-state index in [-0.39, 0.29) is 18.7 Å². The van der Waals surface area contributed by atoms with Crippen molar-refractivity contribution in [3.63, 3.8) is 0 Å². The average Bonchev–Trinajstić information content (AvgIpc) is 2.67. The maximum absolute atomic E-state index is 12.8. The number of hydrogen-bond donors (Lipinski definition) is 0. The molecule has 0 radical (unpaired) electrons. The molecule has 0 aliphatic carbocycles. The molecule has 3 aromatic rings. The van der Waals surface area contributed by atoms with Crippen molar-refractivity contribution in [3.8, 4) is 5.75 Å². The number of ether oxygens (including phenoxy) is 1. The van der Waals surface area contributed by atoms with Gasteiger partial charge in [0.05, 0.1) is 25.8 Å². The fourth-order valence-electron chi connectivity index (χ4n) is 2.85. The van der Waals surface area contributed by atoms with Gasteiger partial charge in [0, 0.05) is 18.0 Å². The summed E-state index contributed by atoms with van der Waals surface area (Å²) in [4.78, 5) is 24.8. The van der Waals surface area contributed by atoms with E-state index in [1.165, 1.54) is 36.2 Å². The monoisotopic (exact) mass is 390 g/mol. The molecule has 0 atom stereocenters. The molecular formula is C20H17F3N2O3. The lowest BCUT2D eigenvalue weighted by Gasteiger charge is -2.12. The van der Waals surface area contributed by atoms with Crippen LogP contribution in [0, 0.1) is 0 Å². The Bertz CT molecular complexity index is 1100. The first kappa shape index (κ1) is 19.5. The third-order valence-electron chi connectivity index (χ3n) is 4.27. The van der Waals surface area contributed by atoms with Gasteiger partial charge in [-0.2, -0.15) is 13.2 Å². The minimum absolute atomic E-state index is 0.131. The van der Waals surface area contributed by atoms with Crippen molar-refractivity contribution in [3.05, 3.63) is 98.3 Å². The van der Waals surface area contributed by atoms with Gasteiger partial charge in [-0.1, -0.05) is 30.3 Å². The highest BCUT2D eigenvalue weighted by atomic mass is 19.4. The van der Waals surface area contributed by atoms with Crippen LogP contribution in [0.5, 0.6) is 5.75 Å². The van der Waals surface area contributed by atoms with Crippen molar-refractivity contribution in [1.29, 1.82) is 0 Å². The molecule has 0 aliphatic rings. The molecule has 0 N–H and O–H groups in total. The first-order valence-electron chi connectivity index (χ1n) is 8.37. The average molecular weight is 390 g/mol. The second-order valence-corrected chi connectivity index (χ2v) is 6.17. The molecular weight excluding hydrogens is 373 g/mol. The Balaban J connectivity index is 1.89. The molecule has 28 heavy (non-hydrogen) atoms. The largest absolute Gasteiger partial charge is 0.496 e. The maximum atomic E-state index is 12.8. The molecule has 0 aliphatic heterocycles. The van der Waals surface area contributed by atoms with Crippen molar-refractivity contribution in [1.82, 2.24) is 9.13 Å². The van der Waals surface area contributed by atoms with Crippen molar-refractivity contribution < 1.29 is 17.9 Å². The highest BCUT2D eigenvalue weighted by molar-refractivity contribution is 5.33. The predicted molar refractivity (Wildman–Crippen MR) is 97.6 cm³/mol. The third-order valence-corrected chi connectivity index (χ3v) is 4.27. The highest BCUT2D eigenvalue weighted by Gasteiger charge is 2.30. The van der Waals surface area contributed by atoms with E-state index >= 15 is 0 Å². The van der Waals surface area contributed by atoms with E-state index in [4.69, 9.17) is 4.74 Å². The minimum atomic E-state index is -4.47. The number of halogens is 3. The van der Waals surface area contributed by atoms with Gasteiger partial charge in [-0.05, 0) is 23.8 Å². The zero-order chi connectivity index (χ0) is 20.3. The van der Waals surface area contributed by atoms with E-state index < -0.39 is 22.9 Å². The number of aromatic nitrogens is 2.